The quantitative estimate of drug-likeness (QED) is 0.0243. The molecule has 0 saturated heterocycles. The van der Waals surface area contributed by atoms with E-state index in [-0.39, 0.29) is 55.9 Å². The Hall–Kier alpha value is -6.37. The number of carbonyl (C=O) groups is 8. The largest absolute Gasteiger partial charge is 0.508 e. The Morgan fingerprint density at radius 3 is 1.68 bits per heavy atom. The van der Waals surface area contributed by atoms with Crippen molar-refractivity contribution in [3.8, 4) is 5.75 Å². The first-order valence-corrected chi connectivity index (χ1v) is 25.3. The van der Waals surface area contributed by atoms with E-state index in [0.717, 1.165) is 16.5 Å². The zero-order valence-electron chi connectivity index (χ0n) is 40.4. The summed E-state index contributed by atoms with van der Waals surface area (Å²) in [5, 5.41) is 39.4. The van der Waals surface area contributed by atoms with Gasteiger partial charge in [-0.15, -0.1) is 0 Å². The fraction of sp³-hybridized carbons (Fsp3) is 0.429. The fourth-order valence-electron chi connectivity index (χ4n) is 7.60. The van der Waals surface area contributed by atoms with Crippen molar-refractivity contribution in [2.75, 3.05) is 18.1 Å². The molecule has 0 aliphatic heterocycles. The van der Waals surface area contributed by atoms with Crippen LogP contribution in [0.3, 0.4) is 0 Å². The summed E-state index contributed by atoms with van der Waals surface area (Å²) in [6.45, 7) is 3.12. The maximum atomic E-state index is 14.6. The predicted octanol–water partition coefficient (Wildman–Crippen LogP) is -0.460. The molecular weight excluding hydrogens is 1000 g/mol. The van der Waals surface area contributed by atoms with E-state index in [9.17, 15) is 48.6 Å². The number of phenolic OH excluding ortho intramolecular Hbond substituents is 1. The Morgan fingerprint density at radius 1 is 0.630 bits per heavy atom. The van der Waals surface area contributed by atoms with Gasteiger partial charge in [-0.1, -0.05) is 61.0 Å². The lowest BCUT2D eigenvalue weighted by Gasteiger charge is -2.28. The Balaban J connectivity index is 1.61. The van der Waals surface area contributed by atoms with Crippen LogP contribution in [0.5, 0.6) is 5.75 Å². The molecular formula is C49H66ClN11O10S2. The van der Waals surface area contributed by atoms with Gasteiger partial charge >= 0.3 is 0 Å². The van der Waals surface area contributed by atoms with E-state index in [1.165, 1.54) is 19.1 Å². The van der Waals surface area contributed by atoms with Gasteiger partial charge in [-0.3, -0.25) is 38.4 Å². The van der Waals surface area contributed by atoms with Crippen LogP contribution < -0.4 is 54.4 Å². The second kappa shape index (κ2) is 29.4. The number of primary amides is 1. The number of aliphatic hydroxyl groups is 1. The minimum Gasteiger partial charge on any atom is -0.508 e. The van der Waals surface area contributed by atoms with Gasteiger partial charge in [0.25, 0.3) is 0 Å². The molecule has 8 amide bonds. The highest BCUT2D eigenvalue weighted by Gasteiger charge is 2.35. The molecule has 0 radical (unpaired) electrons. The van der Waals surface area contributed by atoms with Gasteiger partial charge in [0.05, 0.1) is 12.1 Å². The van der Waals surface area contributed by atoms with Crippen LogP contribution in [-0.4, -0.2) is 135 Å². The second-order valence-electron chi connectivity index (χ2n) is 17.4. The maximum Gasteiger partial charge on any atom is 0.244 e. The second-order valence-corrected chi connectivity index (χ2v) is 18.6. The number of nitrogens with one attached hydrogen (secondary N) is 8. The zero-order valence-corrected chi connectivity index (χ0v) is 43.0. The minimum atomic E-state index is -1.46. The molecule has 0 fully saturated rings. The number of fused-ring (bicyclic) bond motifs is 1. The molecule has 0 bridgehead atoms. The van der Waals surface area contributed by atoms with E-state index in [4.69, 9.17) is 28.8 Å². The van der Waals surface area contributed by atoms with Crippen LogP contribution in [-0.2, 0) is 57.6 Å². The summed E-state index contributed by atoms with van der Waals surface area (Å²) in [7, 11) is 0. The summed E-state index contributed by atoms with van der Waals surface area (Å²) in [6.07, 6.45) is 1.11. The van der Waals surface area contributed by atoms with Crippen LogP contribution in [0.4, 0.5) is 0 Å². The van der Waals surface area contributed by atoms with Crippen LogP contribution >= 0.6 is 36.9 Å². The molecule has 4 rings (SSSR count). The summed E-state index contributed by atoms with van der Waals surface area (Å²) < 4.78 is 0. The lowest BCUT2D eigenvalue weighted by molar-refractivity contribution is -0.135. The number of carbonyl (C=O) groups excluding carboxylic acids is 8. The minimum absolute atomic E-state index is 0.0287. The maximum absolute atomic E-state index is 14.6. The molecule has 1 aromatic heterocycles. The number of benzene rings is 3. The Morgan fingerprint density at radius 2 is 1.11 bits per heavy atom. The molecule has 21 nitrogen and oxygen atoms in total. The van der Waals surface area contributed by atoms with Gasteiger partial charge in [-0.25, -0.2) is 0 Å². The third kappa shape index (κ3) is 18.3. The Kier molecular flexibility index (Phi) is 23.8. The lowest BCUT2D eigenvalue weighted by Crippen LogP contribution is -2.61. The molecule has 3 aromatic carbocycles. The molecule has 396 valence electrons. The normalized spacial score (nSPS) is 14.9. The highest BCUT2D eigenvalue weighted by Crippen LogP contribution is 2.20. The number of H-pyrrole nitrogens is 1. The number of aliphatic hydroxyl groups excluding tert-OH is 1. The number of para-hydroxylation sites is 1. The number of amides is 8. The van der Waals surface area contributed by atoms with Crippen molar-refractivity contribution in [2.24, 2.45) is 17.2 Å². The number of thiol groups is 2. The SMILES string of the molecule is CC[C@H](NC(=O)[C@H](CCCCN)NC(=O)[C@@H](Cc1c[nH]c2ccccc12)NC(=O)[C@H](Cc1ccc(O)cc1)NC(=O)[C@H](CS)NC(=O)[C@H](N)Cc1ccc(Cl)cc1)C(=O)N[C@@H](CS)C(=O)N[C@H](C(N)=O)[C@@H](C)O. The summed E-state index contributed by atoms with van der Waals surface area (Å²) in [5.41, 5.74) is 19.9. The van der Waals surface area contributed by atoms with E-state index in [1.807, 2.05) is 18.2 Å². The number of aromatic amines is 1. The van der Waals surface area contributed by atoms with Crippen molar-refractivity contribution in [2.45, 2.75) is 113 Å². The zero-order chi connectivity index (χ0) is 53.8. The van der Waals surface area contributed by atoms with Crippen molar-refractivity contribution in [3.63, 3.8) is 0 Å². The van der Waals surface area contributed by atoms with Crippen molar-refractivity contribution < 1.29 is 48.6 Å². The van der Waals surface area contributed by atoms with Gasteiger partial charge < -0.3 is 69.6 Å². The van der Waals surface area contributed by atoms with Crippen LogP contribution in [0.25, 0.3) is 10.9 Å². The number of halogens is 1. The van der Waals surface area contributed by atoms with Gasteiger partial charge in [0.2, 0.25) is 47.3 Å². The van der Waals surface area contributed by atoms with Gasteiger partial charge in [-0.05, 0) is 92.6 Å². The van der Waals surface area contributed by atoms with Crippen molar-refractivity contribution in [3.05, 3.63) is 101 Å². The number of aromatic hydroxyl groups is 1. The van der Waals surface area contributed by atoms with E-state index in [1.54, 1.807) is 55.6 Å². The van der Waals surface area contributed by atoms with Crippen molar-refractivity contribution in [1.29, 1.82) is 0 Å². The topological polar surface area (TPSA) is 355 Å². The Labute approximate surface area is 438 Å². The number of rotatable bonds is 29. The first-order chi connectivity index (χ1) is 34.8. The predicted molar refractivity (Wildman–Crippen MR) is 282 cm³/mol. The van der Waals surface area contributed by atoms with E-state index < -0.39 is 102 Å². The Bertz CT molecular complexity index is 2520. The highest BCUT2D eigenvalue weighted by molar-refractivity contribution is 7.80. The van der Waals surface area contributed by atoms with Crippen LogP contribution in [0.1, 0.15) is 56.2 Å². The van der Waals surface area contributed by atoms with E-state index >= 15 is 0 Å². The number of aromatic nitrogens is 1. The molecule has 1 heterocycles. The van der Waals surface area contributed by atoms with Crippen LogP contribution in [0.15, 0.2) is 79.0 Å². The number of hydrogen-bond donors (Lipinski definition) is 15. The lowest BCUT2D eigenvalue weighted by atomic mass is 10.0. The summed E-state index contributed by atoms with van der Waals surface area (Å²) >= 11 is 14.5. The van der Waals surface area contributed by atoms with Crippen molar-refractivity contribution >= 4 is 95.0 Å². The number of unbranched alkanes of at least 4 members (excludes halogenated alkanes) is 1. The molecule has 16 N–H and O–H groups in total. The standard InChI is InChI=1S/C49H66ClN11O10S2/c1-3-34(44(66)60-40(25-73)49(71)61-41(26(2)62)42(53)64)55-45(67)36(10-6-7-19-51)56-47(69)38(22-29-23-54-35-9-5-4-8-32(29)35)58-46(68)37(21-28-13-17-31(63)18-14-28)57-48(70)39(24-72)59-43(65)33(52)20-27-11-15-30(50)16-12-27/h4-5,8-9,11-18,23,26,33-34,36-41,54,62-63,72-73H,3,6-7,10,19-22,24-25,51-52H2,1-2H3,(H2,53,64)(H,55,67)(H,56,69)(H,57,70)(H,58,68)(H,59,65)(H,60,66)(H,61,71)/t26-,33-,34+,36+,37+,38-,39+,40+,41+/m1/s1. The van der Waals surface area contributed by atoms with Crippen LogP contribution in [0.2, 0.25) is 5.02 Å². The first kappa shape index (κ1) is 59.2. The van der Waals surface area contributed by atoms with Gasteiger partial charge in [0, 0.05) is 46.5 Å². The summed E-state index contributed by atoms with van der Waals surface area (Å²) in [5.74, 6) is -7.00. The van der Waals surface area contributed by atoms with E-state index in [0.29, 0.717) is 29.0 Å². The van der Waals surface area contributed by atoms with E-state index in [2.05, 4.69) is 67.5 Å². The van der Waals surface area contributed by atoms with Gasteiger partial charge in [0.15, 0.2) is 0 Å². The summed E-state index contributed by atoms with van der Waals surface area (Å²) in [6, 6.07) is 9.50. The fourth-order valence-corrected chi connectivity index (χ4v) is 8.24. The summed E-state index contributed by atoms with van der Waals surface area (Å²) in [4.78, 5) is 112. The smallest absolute Gasteiger partial charge is 0.244 e. The molecule has 9 atom stereocenters. The number of hydrogen-bond acceptors (Lipinski definition) is 14. The monoisotopic (exact) mass is 1070 g/mol. The molecule has 24 heteroatoms. The molecule has 73 heavy (non-hydrogen) atoms. The molecule has 0 aliphatic rings. The number of nitrogens with two attached hydrogens (primary N) is 3. The average Bonchev–Trinajstić information content (AvgIpc) is 3.77. The third-order valence-corrected chi connectivity index (χ3v) is 12.8. The molecule has 0 aliphatic carbocycles. The first-order valence-electron chi connectivity index (χ1n) is 23.6. The third-order valence-electron chi connectivity index (χ3n) is 11.8. The number of phenols is 1. The molecule has 0 saturated carbocycles. The average molecular weight is 1070 g/mol. The van der Waals surface area contributed by atoms with Crippen molar-refractivity contribution in [1.82, 2.24) is 42.2 Å². The van der Waals surface area contributed by atoms with Crippen LogP contribution in [0, 0.1) is 0 Å². The molecule has 4 aromatic rings. The van der Waals surface area contributed by atoms with Gasteiger partial charge in [-0.2, -0.15) is 25.3 Å². The highest BCUT2D eigenvalue weighted by atomic mass is 35.5. The molecule has 0 spiro atoms. The molecule has 0 unspecified atom stereocenters. The van der Waals surface area contributed by atoms with Gasteiger partial charge in [0.1, 0.15) is 48.0 Å².